The van der Waals surface area contributed by atoms with Gasteiger partial charge in [0.25, 0.3) is 0 Å². The molecule has 1 aromatic rings. The van der Waals surface area contributed by atoms with Crippen LogP contribution in [0.15, 0.2) is 29.2 Å². The van der Waals surface area contributed by atoms with Crippen LogP contribution in [0.4, 0.5) is 10.5 Å². The third-order valence-electron chi connectivity index (χ3n) is 2.26. The molecule has 0 aliphatic heterocycles. The lowest BCUT2D eigenvalue weighted by atomic mass is 10.3. The Hall–Kier alpha value is -2.09. The monoisotopic (exact) mass is 286 g/mol. The Morgan fingerprint density at radius 1 is 1.21 bits per heavy atom. The number of carbonyl (C=O) groups excluding carboxylic acids is 1. The van der Waals surface area contributed by atoms with Gasteiger partial charge in [-0.25, -0.2) is 13.2 Å². The van der Waals surface area contributed by atoms with Gasteiger partial charge in [-0.15, -0.1) is 0 Å². The number of carboxylic acid groups (broad SMARTS) is 1. The highest BCUT2D eigenvalue weighted by molar-refractivity contribution is 7.90. The van der Waals surface area contributed by atoms with Crippen molar-refractivity contribution in [3.05, 3.63) is 24.3 Å². The predicted octanol–water partition coefficient (Wildman–Crippen LogP) is 0.685. The molecule has 0 aliphatic rings. The molecular formula is C11H14N2O5S. The quantitative estimate of drug-likeness (QED) is 0.753. The molecule has 0 saturated heterocycles. The van der Waals surface area contributed by atoms with E-state index in [4.69, 9.17) is 5.11 Å². The zero-order valence-corrected chi connectivity index (χ0v) is 11.2. The zero-order valence-electron chi connectivity index (χ0n) is 10.4. The fraction of sp³-hybridized carbons (Fsp3) is 0.273. The first-order chi connectivity index (χ1) is 8.70. The summed E-state index contributed by atoms with van der Waals surface area (Å²) < 4.78 is 22.4. The number of hydrogen-bond acceptors (Lipinski definition) is 4. The number of rotatable bonds is 4. The van der Waals surface area contributed by atoms with Crippen molar-refractivity contribution in [2.45, 2.75) is 17.9 Å². The van der Waals surface area contributed by atoms with Crippen molar-refractivity contribution >= 4 is 27.5 Å². The summed E-state index contributed by atoms with van der Waals surface area (Å²) in [5, 5.41) is 13.2. The summed E-state index contributed by atoms with van der Waals surface area (Å²) in [6.07, 6.45) is 1.08. The second-order valence-corrected chi connectivity index (χ2v) is 5.97. The third-order valence-corrected chi connectivity index (χ3v) is 3.39. The summed E-state index contributed by atoms with van der Waals surface area (Å²) in [6.45, 7) is 1.33. The summed E-state index contributed by atoms with van der Waals surface area (Å²) >= 11 is 0. The van der Waals surface area contributed by atoms with E-state index in [9.17, 15) is 18.0 Å². The van der Waals surface area contributed by atoms with E-state index in [1.54, 1.807) is 0 Å². The smallest absolute Gasteiger partial charge is 0.325 e. The van der Waals surface area contributed by atoms with Gasteiger partial charge in [0.1, 0.15) is 6.04 Å². The minimum atomic E-state index is -3.28. The number of carboxylic acids is 1. The van der Waals surface area contributed by atoms with Gasteiger partial charge < -0.3 is 15.7 Å². The normalized spacial score (nSPS) is 12.5. The molecule has 0 unspecified atom stereocenters. The first-order valence-corrected chi connectivity index (χ1v) is 7.20. The lowest BCUT2D eigenvalue weighted by molar-refractivity contribution is -0.138. The molecule has 0 bridgehead atoms. The van der Waals surface area contributed by atoms with Crippen molar-refractivity contribution in [2.75, 3.05) is 11.6 Å². The average molecular weight is 286 g/mol. The van der Waals surface area contributed by atoms with Gasteiger partial charge in [0.15, 0.2) is 9.84 Å². The van der Waals surface area contributed by atoms with Crippen molar-refractivity contribution < 1.29 is 23.1 Å². The summed E-state index contributed by atoms with van der Waals surface area (Å²) in [6, 6.07) is 3.84. The van der Waals surface area contributed by atoms with Gasteiger partial charge in [-0.1, -0.05) is 0 Å². The number of sulfone groups is 1. The van der Waals surface area contributed by atoms with Crippen molar-refractivity contribution in [2.24, 2.45) is 0 Å². The van der Waals surface area contributed by atoms with Crippen LogP contribution in [0.5, 0.6) is 0 Å². The second kappa shape index (κ2) is 5.70. The Morgan fingerprint density at radius 2 is 1.74 bits per heavy atom. The number of nitrogens with one attached hydrogen (secondary N) is 2. The molecule has 0 aliphatic carbocycles. The van der Waals surface area contributed by atoms with Crippen LogP contribution in [0.1, 0.15) is 6.92 Å². The van der Waals surface area contributed by atoms with Crippen LogP contribution in [-0.2, 0) is 14.6 Å². The first kappa shape index (κ1) is 15.0. The highest BCUT2D eigenvalue weighted by atomic mass is 32.2. The summed E-state index contributed by atoms with van der Waals surface area (Å²) in [5.74, 6) is -1.15. The van der Waals surface area contributed by atoms with Crippen LogP contribution in [0, 0.1) is 0 Å². The molecule has 8 heteroatoms. The van der Waals surface area contributed by atoms with E-state index >= 15 is 0 Å². The SMILES string of the molecule is C[C@@H](NC(=O)Nc1ccc(S(C)(=O)=O)cc1)C(=O)O. The molecule has 0 aromatic heterocycles. The van der Waals surface area contributed by atoms with E-state index in [-0.39, 0.29) is 4.90 Å². The topological polar surface area (TPSA) is 113 Å². The third kappa shape index (κ3) is 4.59. The maximum atomic E-state index is 11.4. The van der Waals surface area contributed by atoms with Crippen molar-refractivity contribution in [3.8, 4) is 0 Å². The molecule has 3 N–H and O–H groups in total. The van der Waals surface area contributed by atoms with Gasteiger partial charge in [-0.05, 0) is 31.2 Å². The van der Waals surface area contributed by atoms with Crippen LogP contribution in [0.25, 0.3) is 0 Å². The molecule has 0 spiro atoms. The molecule has 0 fully saturated rings. The molecule has 1 aromatic carbocycles. The van der Waals surface area contributed by atoms with Crippen molar-refractivity contribution in [1.29, 1.82) is 0 Å². The lowest BCUT2D eigenvalue weighted by Gasteiger charge is -2.10. The maximum absolute atomic E-state index is 11.4. The van der Waals surface area contributed by atoms with Gasteiger partial charge >= 0.3 is 12.0 Å². The Kier molecular flexibility index (Phi) is 4.49. The predicted molar refractivity (Wildman–Crippen MR) is 68.8 cm³/mol. The van der Waals surface area contributed by atoms with Crippen LogP contribution >= 0.6 is 0 Å². The number of anilines is 1. The number of amides is 2. The first-order valence-electron chi connectivity index (χ1n) is 5.30. The molecule has 104 valence electrons. The Balaban J connectivity index is 2.69. The molecule has 19 heavy (non-hydrogen) atoms. The molecule has 1 rings (SSSR count). The minimum absolute atomic E-state index is 0.136. The molecular weight excluding hydrogens is 272 g/mol. The molecule has 2 amide bonds. The fourth-order valence-corrected chi connectivity index (χ4v) is 1.84. The van der Waals surface area contributed by atoms with E-state index in [2.05, 4.69) is 10.6 Å². The van der Waals surface area contributed by atoms with Crippen LogP contribution in [0.2, 0.25) is 0 Å². The van der Waals surface area contributed by atoms with Gasteiger partial charge in [0, 0.05) is 11.9 Å². The van der Waals surface area contributed by atoms with Crippen LogP contribution in [-0.4, -0.2) is 37.8 Å². The van der Waals surface area contributed by atoms with Gasteiger partial charge in [0.05, 0.1) is 4.90 Å². The van der Waals surface area contributed by atoms with Crippen LogP contribution in [0.3, 0.4) is 0 Å². The van der Waals surface area contributed by atoms with E-state index in [0.29, 0.717) is 5.69 Å². The molecule has 0 saturated carbocycles. The number of benzene rings is 1. The molecule has 0 heterocycles. The van der Waals surface area contributed by atoms with Crippen LogP contribution < -0.4 is 10.6 Å². The van der Waals surface area contributed by atoms with E-state index < -0.39 is 27.9 Å². The standard InChI is InChI=1S/C11H14N2O5S/c1-7(10(14)15)12-11(16)13-8-3-5-9(6-4-8)19(2,17)18/h3-7H,1-2H3,(H,14,15)(H2,12,13,16)/t7-/m1/s1. The Morgan fingerprint density at radius 3 is 2.16 bits per heavy atom. The van der Waals surface area contributed by atoms with Crippen molar-refractivity contribution in [3.63, 3.8) is 0 Å². The largest absolute Gasteiger partial charge is 0.480 e. The Bertz CT molecular complexity index is 580. The number of urea groups is 1. The van der Waals surface area contributed by atoms with Gasteiger partial charge in [-0.2, -0.15) is 0 Å². The highest BCUT2D eigenvalue weighted by Gasteiger charge is 2.14. The maximum Gasteiger partial charge on any atom is 0.325 e. The van der Waals surface area contributed by atoms with Gasteiger partial charge in [0.2, 0.25) is 0 Å². The average Bonchev–Trinajstić information content (AvgIpc) is 2.28. The fourth-order valence-electron chi connectivity index (χ4n) is 1.21. The minimum Gasteiger partial charge on any atom is -0.480 e. The highest BCUT2D eigenvalue weighted by Crippen LogP contribution is 2.13. The zero-order chi connectivity index (χ0) is 14.6. The van der Waals surface area contributed by atoms with E-state index in [1.807, 2.05) is 0 Å². The van der Waals surface area contributed by atoms with Crippen molar-refractivity contribution in [1.82, 2.24) is 5.32 Å². The number of hydrogen-bond donors (Lipinski definition) is 3. The summed E-state index contributed by atoms with van der Waals surface area (Å²) in [5.41, 5.74) is 0.363. The molecule has 1 atom stereocenters. The lowest BCUT2D eigenvalue weighted by Crippen LogP contribution is -2.40. The van der Waals surface area contributed by atoms with Gasteiger partial charge in [-0.3, -0.25) is 4.79 Å². The second-order valence-electron chi connectivity index (χ2n) is 3.95. The Labute approximate surface area is 110 Å². The molecule has 7 nitrogen and oxygen atoms in total. The summed E-state index contributed by atoms with van der Waals surface area (Å²) in [4.78, 5) is 22.1. The number of carbonyl (C=O) groups is 2. The van der Waals surface area contributed by atoms with E-state index in [0.717, 1.165) is 6.26 Å². The molecule has 0 radical (unpaired) electrons. The summed E-state index contributed by atoms with van der Waals surface area (Å²) in [7, 11) is -3.28. The van der Waals surface area contributed by atoms with E-state index in [1.165, 1.54) is 31.2 Å². The number of aliphatic carboxylic acids is 1.